The number of carbonyl (C=O) groups is 1. The zero-order chi connectivity index (χ0) is 14.3. The SMILES string of the molecule is CC(C)CCN(CCC(C)C)C(=O)[C@H]1CCCCN1. The predicted molar refractivity (Wildman–Crippen MR) is 81.1 cm³/mol. The molecule has 0 aliphatic carbocycles. The summed E-state index contributed by atoms with van der Waals surface area (Å²) in [5.41, 5.74) is 0. The third-order valence-electron chi connectivity index (χ3n) is 3.87. The van der Waals surface area contributed by atoms with Crippen molar-refractivity contribution < 1.29 is 4.79 Å². The third kappa shape index (κ3) is 6.42. The summed E-state index contributed by atoms with van der Waals surface area (Å²) in [6.07, 6.45) is 5.62. The van der Waals surface area contributed by atoms with Gasteiger partial charge in [0.2, 0.25) is 5.91 Å². The minimum Gasteiger partial charge on any atom is -0.341 e. The zero-order valence-corrected chi connectivity index (χ0v) is 13.2. The first-order valence-electron chi connectivity index (χ1n) is 8.03. The highest BCUT2D eigenvalue weighted by molar-refractivity contribution is 5.82. The molecule has 3 nitrogen and oxygen atoms in total. The largest absolute Gasteiger partial charge is 0.341 e. The van der Waals surface area contributed by atoms with Crippen LogP contribution in [0.3, 0.4) is 0 Å². The van der Waals surface area contributed by atoms with Crippen LogP contribution in [0.2, 0.25) is 0 Å². The highest BCUT2D eigenvalue weighted by Crippen LogP contribution is 2.13. The molecule has 1 aliphatic rings. The molecule has 0 saturated carbocycles. The first-order valence-corrected chi connectivity index (χ1v) is 8.03. The van der Waals surface area contributed by atoms with Gasteiger partial charge in [-0.2, -0.15) is 0 Å². The van der Waals surface area contributed by atoms with E-state index in [0.717, 1.165) is 38.9 Å². The first kappa shape index (κ1) is 16.5. The normalized spacial score (nSPS) is 20.0. The van der Waals surface area contributed by atoms with Gasteiger partial charge in [-0.05, 0) is 44.1 Å². The number of piperidine rings is 1. The maximum absolute atomic E-state index is 12.6. The standard InChI is InChI=1S/C16H32N2O/c1-13(2)8-11-18(12-9-14(3)4)16(19)15-7-5-6-10-17-15/h13-15,17H,5-12H2,1-4H3/t15-/m1/s1. The van der Waals surface area contributed by atoms with E-state index in [2.05, 4.69) is 37.9 Å². The Balaban J connectivity index is 2.51. The smallest absolute Gasteiger partial charge is 0.239 e. The van der Waals surface area contributed by atoms with Crippen LogP contribution >= 0.6 is 0 Å². The predicted octanol–water partition coefficient (Wildman–Crippen LogP) is 3.05. The number of amides is 1. The van der Waals surface area contributed by atoms with Crippen LogP contribution in [0.5, 0.6) is 0 Å². The lowest BCUT2D eigenvalue weighted by Crippen LogP contribution is -2.49. The molecule has 1 heterocycles. The molecule has 0 unspecified atom stereocenters. The van der Waals surface area contributed by atoms with Gasteiger partial charge in [0, 0.05) is 13.1 Å². The lowest BCUT2D eigenvalue weighted by molar-refractivity contribution is -0.134. The summed E-state index contributed by atoms with van der Waals surface area (Å²) in [4.78, 5) is 14.7. The molecule has 1 aliphatic heterocycles. The van der Waals surface area contributed by atoms with Gasteiger partial charge in [0.1, 0.15) is 0 Å². The Morgan fingerprint density at radius 1 is 1.11 bits per heavy atom. The average Bonchev–Trinajstić information content (AvgIpc) is 2.38. The number of carbonyl (C=O) groups excluding carboxylic acids is 1. The van der Waals surface area contributed by atoms with Crippen molar-refractivity contribution in [3.63, 3.8) is 0 Å². The van der Waals surface area contributed by atoms with Gasteiger partial charge in [0.25, 0.3) is 0 Å². The molecular formula is C16H32N2O. The number of rotatable bonds is 7. The van der Waals surface area contributed by atoms with E-state index < -0.39 is 0 Å². The van der Waals surface area contributed by atoms with Crippen LogP contribution in [0.15, 0.2) is 0 Å². The average molecular weight is 268 g/mol. The Kier molecular flexibility index (Phi) is 7.44. The van der Waals surface area contributed by atoms with Crippen LogP contribution in [0.25, 0.3) is 0 Å². The number of hydrogen-bond acceptors (Lipinski definition) is 2. The van der Waals surface area contributed by atoms with Gasteiger partial charge in [-0.1, -0.05) is 34.1 Å². The fourth-order valence-electron chi connectivity index (χ4n) is 2.44. The molecule has 1 rings (SSSR count). The molecule has 1 atom stereocenters. The first-order chi connectivity index (χ1) is 9.00. The molecule has 0 radical (unpaired) electrons. The fourth-order valence-corrected chi connectivity index (χ4v) is 2.44. The summed E-state index contributed by atoms with van der Waals surface area (Å²) < 4.78 is 0. The van der Waals surface area contributed by atoms with Crippen LogP contribution in [-0.2, 0) is 4.79 Å². The van der Waals surface area contributed by atoms with Crippen LogP contribution in [0, 0.1) is 11.8 Å². The third-order valence-corrected chi connectivity index (χ3v) is 3.87. The monoisotopic (exact) mass is 268 g/mol. The van der Waals surface area contributed by atoms with Crippen LogP contribution in [0.4, 0.5) is 0 Å². The molecule has 112 valence electrons. The van der Waals surface area contributed by atoms with Gasteiger partial charge >= 0.3 is 0 Å². The van der Waals surface area contributed by atoms with Crippen molar-refractivity contribution in [3.8, 4) is 0 Å². The van der Waals surface area contributed by atoms with Gasteiger partial charge < -0.3 is 10.2 Å². The summed E-state index contributed by atoms with van der Waals surface area (Å²) in [7, 11) is 0. The Morgan fingerprint density at radius 2 is 1.68 bits per heavy atom. The highest BCUT2D eigenvalue weighted by Gasteiger charge is 2.25. The fraction of sp³-hybridized carbons (Fsp3) is 0.938. The summed E-state index contributed by atoms with van der Waals surface area (Å²) in [5, 5.41) is 3.38. The minimum atomic E-state index is 0.0769. The minimum absolute atomic E-state index is 0.0769. The van der Waals surface area contributed by atoms with Gasteiger partial charge in [-0.25, -0.2) is 0 Å². The van der Waals surface area contributed by atoms with Crippen LogP contribution in [0.1, 0.15) is 59.8 Å². The van der Waals surface area contributed by atoms with Crippen molar-refractivity contribution >= 4 is 5.91 Å². The lowest BCUT2D eigenvalue weighted by Gasteiger charge is -2.31. The maximum Gasteiger partial charge on any atom is 0.239 e. The molecule has 1 saturated heterocycles. The van der Waals surface area contributed by atoms with Gasteiger partial charge in [-0.3, -0.25) is 4.79 Å². The van der Waals surface area contributed by atoms with Crippen molar-refractivity contribution in [2.45, 2.75) is 65.8 Å². The molecule has 1 N–H and O–H groups in total. The highest BCUT2D eigenvalue weighted by atomic mass is 16.2. The Bertz CT molecular complexity index is 245. The quantitative estimate of drug-likeness (QED) is 0.769. The molecule has 3 heteroatoms. The molecule has 0 spiro atoms. The molecule has 0 aromatic carbocycles. The van der Waals surface area contributed by atoms with E-state index in [4.69, 9.17) is 0 Å². The molecule has 1 fully saturated rings. The Morgan fingerprint density at radius 3 is 2.11 bits per heavy atom. The van der Waals surface area contributed by atoms with Gasteiger partial charge in [0.05, 0.1) is 6.04 Å². The van der Waals surface area contributed by atoms with E-state index in [-0.39, 0.29) is 6.04 Å². The van der Waals surface area contributed by atoms with E-state index >= 15 is 0 Å². The van der Waals surface area contributed by atoms with Gasteiger partial charge in [-0.15, -0.1) is 0 Å². The second kappa shape index (κ2) is 8.57. The van der Waals surface area contributed by atoms with Crippen LogP contribution in [-0.4, -0.2) is 36.5 Å². The van der Waals surface area contributed by atoms with Crippen LogP contribution < -0.4 is 5.32 Å². The number of nitrogens with zero attached hydrogens (tertiary/aromatic N) is 1. The van der Waals surface area contributed by atoms with Crippen molar-refractivity contribution in [2.75, 3.05) is 19.6 Å². The summed E-state index contributed by atoms with van der Waals surface area (Å²) in [5.74, 6) is 1.66. The van der Waals surface area contributed by atoms with Crippen molar-refractivity contribution in [1.29, 1.82) is 0 Å². The molecular weight excluding hydrogens is 236 g/mol. The molecule has 0 aromatic heterocycles. The van der Waals surface area contributed by atoms with E-state index in [0.29, 0.717) is 17.7 Å². The molecule has 0 bridgehead atoms. The topological polar surface area (TPSA) is 32.3 Å². The van der Waals surface area contributed by atoms with Crippen molar-refractivity contribution in [3.05, 3.63) is 0 Å². The van der Waals surface area contributed by atoms with E-state index in [9.17, 15) is 4.79 Å². The zero-order valence-electron chi connectivity index (χ0n) is 13.2. The number of hydrogen-bond donors (Lipinski definition) is 1. The molecule has 1 amide bonds. The second-order valence-electron chi connectivity index (χ2n) is 6.69. The molecule has 19 heavy (non-hydrogen) atoms. The maximum atomic E-state index is 12.6. The Hall–Kier alpha value is -0.570. The lowest BCUT2D eigenvalue weighted by atomic mass is 10.0. The summed E-state index contributed by atoms with van der Waals surface area (Å²) >= 11 is 0. The number of nitrogens with one attached hydrogen (secondary N) is 1. The second-order valence-corrected chi connectivity index (χ2v) is 6.69. The van der Waals surface area contributed by atoms with Crippen molar-refractivity contribution in [1.82, 2.24) is 10.2 Å². The Labute approximate surface area is 119 Å². The van der Waals surface area contributed by atoms with E-state index in [1.54, 1.807) is 0 Å². The van der Waals surface area contributed by atoms with Gasteiger partial charge in [0.15, 0.2) is 0 Å². The molecule has 0 aromatic rings. The van der Waals surface area contributed by atoms with E-state index in [1.807, 2.05) is 0 Å². The van der Waals surface area contributed by atoms with E-state index in [1.165, 1.54) is 12.8 Å². The summed E-state index contributed by atoms with van der Waals surface area (Å²) in [6, 6.07) is 0.0769. The van der Waals surface area contributed by atoms with Crippen molar-refractivity contribution in [2.24, 2.45) is 11.8 Å². The summed E-state index contributed by atoms with van der Waals surface area (Å²) in [6.45, 7) is 11.7.